The molecule has 1 saturated carbocycles. The molecule has 0 amide bonds. The van der Waals surface area contributed by atoms with Crippen molar-refractivity contribution >= 4 is 11.8 Å². The van der Waals surface area contributed by atoms with E-state index in [2.05, 4.69) is 13.0 Å². The van der Waals surface area contributed by atoms with Crippen LogP contribution in [0.2, 0.25) is 0 Å². The second-order valence-corrected chi connectivity index (χ2v) is 6.42. The average molecular weight is 278 g/mol. The summed E-state index contributed by atoms with van der Waals surface area (Å²) in [5.41, 5.74) is 1.43. The van der Waals surface area contributed by atoms with Crippen LogP contribution in [-0.4, -0.2) is 16.9 Å². The van der Waals surface area contributed by atoms with Crippen molar-refractivity contribution in [2.75, 3.05) is 0 Å². The van der Waals surface area contributed by atoms with Crippen LogP contribution in [0.1, 0.15) is 64.7 Å². The monoisotopic (exact) mass is 278 g/mol. The molecule has 20 heavy (non-hydrogen) atoms. The van der Waals surface area contributed by atoms with Crippen molar-refractivity contribution in [2.24, 2.45) is 17.8 Å². The lowest BCUT2D eigenvalue weighted by Crippen LogP contribution is -2.20. The third-order valence-corrected chi connectivity index (χ3v) is 5.08. The van der Waals surface area contributed by atoms with Gasteiger partial charge in [0.05, 0.1) is 0 Å². The average Bonchev–Trinajstić information content (AvgIpc) is 2.71. The quantitative estimate of drug-likeness (QED) is 0.566. The molecule has 0 radical (unpaired) electrons. The van der Waals surface area contributed by atoms with Crippen molar-refractivity contribution < 1.29 is 14.7 Å². The summed E-state index contributed by atoms with van der Waals surface area (Å²) < 4.78 is 0. The van der Waals surface area contributed by atoms with Crippen LogP contribution in [0.4, 0.5) is 0 Å². The van der Waals surface area contributed by atoms with Gasteiger partial charge in [-0.2, -0.15) is 0 Å². The van der Waals surface area contributed by atoms with Crippen LogP contribution >= 0.6 is 0 Å². The number of carbonyl (C=O) groups is 2. The van der Waals surface area contributed by atoms with E-state index in [1.54, 1.807) is 0 Å². The SMILES string of the molecule is CC1=CCCC2C(CCCCCCC(=O)O)C(=O)CC12. The fraction of sp³-hybridized carbons (Fsp3) is 0.765. The summed E-state index contributed by atoms with van der Waals surface area (Å²) in [5, 5.41) is 8.58. The maximum atomic E-state index is 12.2. The number of allylic oxidation sites excluding steroid dienone is 2. The molecular formula is C17H26O3. The third-order valence-electron chi connectivity index (χ3n) is 5.08. The Bertz CT molecular complexity index is 397. The summed E-state index contributed by atoms with van der Waals surface area (Å²) in [6.45, 7) is 2.18. The highest BCUT2D eigenvalue weighted by molar-refractivity contribution is 5.84. The Hall–Kier alpha value is -1.12. The molecule has 0 saturated heterocycles. The van der Waals surface area contributed by atoms with Gasteiger partial charge in [-0.25, -0.2) is 0 Å². The van der Waals surface area contributed by atoms with Gasteiger partial charge in [0.1, 0.15) is 5.78 Å². The normalized spacial score (nSPS) is 29.1. The molecule has 112 valence electrons. The van der Waals surface area contributed by atoms with Crippen molar-refractivity contribution in [3.8, 4) is 0 Å². The molecule has 0 spiro atoms. The fourth-order valence-electron chi connectivity index (χ4n) is 3.96. The topological polar surface area (TPSA) is 54.4 Å². The highest BCUT2D eigenvalue weighted by atomic mass is 16.4. The lowest BCUT2D eigenvalue weighted by Gasteiger charge is -2.28. The van der Waals surface area contributed by atoms with E-state index in [0.29, 0.717) is 17.6 Å². The lowest BCUT2D eigenvalue weighted by molar-refractivity contribution is -0.137. The highest BCUT2D eigenvalue weighted by Crippen LogP contribution is 2.46. The number of fused-ring (bicyclic) bond motifs is 1. The molecule has 3 heteroatoms. The Morgan fingerprint density at radius 2 is 2.05 bits per heavy atom. The Balaban J connectivity index is 1.72. The van der Waals surface area contributed by atoms with Crippen LogP contribution < -0.4 is 0 Å². The summed E-state index contributed by atoms with van der Waals surface area (Å²) in [4.78, 5) is 22.6. The molecule has 3 atom stereocenters. The largest absolute Gasteiger partial charge is 0.481 e. The minimum Gasteiger partial charge on any atom is -0.481 e. The minimum atomic E-state index is -0.705. The summed E-state index contributed by atoms with van der Waals surface area (Å²) in [6, 6.07) is 0. The number of carboxylic acids is 1. The minimum absolute atomic E-state index is 0.275. The molecule has 3 unspecified atom stereocenters. The van der Waals surface area contributed by atoms with Gasteiger partial charge in [0.25, 0.3) is 0 Å². The van der Waals surface area contributed by atoms with Crippen molar-refractivity contribution in [3.63, 3.8) is 0 Å². The van der Waals surface area contributed by atoms with E-state index in [1.807, 2.05) is 0 Å². The van der Waals surface area contributed by atoms with Crippen molar-refractivity contribution in [2.45, 2.75) is 64.7 Å². The van der Waals surface area contributed by atoms with Crippen molar-refractivity contribution in [3.05, 3.63) is 11.6 Å². The molecular weight excluding hydrogens is 252 g/mol. The molecule has 1 fully saturated rings. The molecule has 0 aromatic carbocycles. The number of hydrogen-bond acceptors (Lipinski definition) is 2. The van der Waals surface area contributed by atoms with Gasteiger partial charge in [0.15, 0.2) is 0 Å². The summed E-state index contributed by atoms with van der Waals surface area (Å²) in [5.74, 6) is 1.16. The second kappa shape index (κ2) is 7.05. The van der Waals surface area contributed by atoms with Gasteiger partial charge in [0.2, 0.25) is 0 Å². The number of Topliss-reactive ketones (excluding diaryl/α,β-unsaturated/α-hetero) is 1. The standard InChI is InChI=1S/C17H26O3/c1-12-7-6-9-13-14(16(18)11-15(12)13)8-4-2-3-5-10-17(19)20/h7,13-15H,2-6,8-11H2,1H3,(H,19,20). The maximum Gasteiger partial charge on any atom is 0.303 e. The molecule has 0 aromatic rings. The number of hydrogen-bond donors (Lipinski definition) is 1. The number of carboxylic acid groups (broad SMARTS) is 1. The lowest BCUT2D eigenvalue weighted by atomic mass is 9.76. The number of carbonyl (C=O) groups excluding carboxylic acids is 1. The molecule has 0 aliphatic heterocycles. The smallest absolute Gasteiger partial charge is 0.303 e. The van der Waals surface area contributed by atoms with E-state index in [1.165, 1.54) is 12.0 Å². The Labute approximate surface area is 121 Å². The van der Waals surface area contributed by atoms with Crippen molar-refractivity contribution in [1.82, 2.24) is 0 Å². The molecule has 3 nitrogen and oxygen atoms in total. The molecule has 2 aliphatic carbocycles. The van der Waals surface area contributed by atoms with Crippen LogP contribution in [-0.2, 0) is 9.59 Å². The fourth-order valence-corrected chi connectivity index (χ4v) is 3.96. The van der Waals surface area contributed by atoms with Gasteiger partial charge in [-0.15, -0.1) is 0 Å². The summed E-state index contributed by atoms with van der Waals surface area (Å²) in [6.07, 6.45) is 10.5. The molecule has 2 rings (SSSR count). The molecule has 1 N–H and O–H groups in total. The zero-order chi connectivity index (χ0) is 14.5. The van der Waals surface area contributed by atoms with Crippen molar-refractivity contribution in [1.29, 1.82) is 0 Å². The Morgan fingerprint density at radius 1 is 1.30 bits per heavy atom. The van der Waals surface area contributed by atoms with Gasteiger partial charge in [-0.1, -0.05) is 30.9 Å². The first kappa shape index (κ1) is 15.3. The van der Waals surface area contributed by atoms with E-state index in [-0.39, 0.29) is 12.3 Å². The van der Waals surface area contributed by atoms with Gasteiger partial charge < -0.3 is 5.11 Å². The van der Waals surface area contributed by atoms with E-state index in [9.17, 15) is 9.59 Å². The number of unbranched alkanes of at least 4 members (excludes halogenated alkanes) is 3. The van der Waals surface area contributed by atoms with Gasteiger partial charge in [-0.3, -0.25) is 9.59 Å². The first-order valence-electron chi connectivity index (χ1n) is 8.00. The Morgan fingerprint density at radius 3 is 2.80 bits per heavy atom. The zero-order valence-corrected chi connectivity index (χ0v) is 12.4. The first-order valence-corrected chi connectivity index (χ1v) is 8.00. The van der Waals surface area contributed by atoms with Crippen LogP contribution in [0.3, 0.4) is 0 Å². The second-order valence-electron chi connectivity index (χ2n) is 6.42. The van der Waals surface area contributed by atoms with E-state index < -0.39 is 5.97 Å². The van der Waals surface area contributed by atoms with E-state index >= 15 is 0 Å². The van der Waals surface area contributed by atoms with Gasteiger partial charge in [0, 0.05) is 18.8 Å². The number of aliphatic carboxylic acids is 1. The van der Waals surface area contributed by atoms with Gasteiger partial charge in [-0.05, 0) is 44.4 Å². The van der Waals surface area contributed by atoms with Crippen LogP contribution in [0.15, 0.2) is 11.6 Å². The van der Waals surface area contributed by atoms with Crippen LogP contribution in [0, 0.1) is 17.8 Å². The molecule has 0 aromatic heterocycles. The first-order chi connectivity index (χ1) is 9.59. The Kier molecular flexibility index (Phi) is 5.38. The molecule has 0 heterocycles. The molecule has 0 bridgehead atoms. The van der Waals surface area contributed by atoms with Crippen LogP contribution in [0.25, 0.3) is 0 Å². The van der Waals surface area contributed by atoms with E-state index in [4.69, 9.17) is 5.11 Å². The molecule has 2 aliphatic rings. The van der Waals surface area contributed by atoms with Gasteiger partial charge >= 0.3 is 5.97 Å². The predicted molar refractivity (Wildman–Crippen MR) is 78.4 cm³/mol. The van der Waals surface area contributed by atoms with Crippen LogP contribution in [0.5, 0.6) is 0 Å². The van der Waals surface area contributed by atoms with E-state index in [0.717, 1.165) is 44.9 Å². The summed E-state index contributed by atoms with van der Waals surface area (Å²) in [7, 11) is 0. The highest BCUT2D eigenvalue weighted by Gasteiger charge is 2.42. The zero-order valence-electron chi connectivity index (χ0n) is 12.4. The predicted octanol–water partition coefficient (Wildman–Crippen LogP) is 3.97. The maximum absolute atomic E-state index is 12.2. The number of rotatable bonds is 7. The number of ketones is 1. The summed E-state index contributed by atoms with van der Waals surface area (Å²) >= 11 is 0. The third kappa shape index (κ3) is 3.71.